The van der Waals surface area contributed by atoms with E-state index in [0.717, 1.165) is 0 Å². The van der Waals surface area contributed by atoms with Crippen molar-refractivity contribution in [2.24, 2.45) is 0 Å². The van der Waals surface area contributed by atoms with Gasteiger partial charge >= 0.3 is 0 Å². The van der Waals surface area contributed by atoms with Crippen LogP contribution in [0.15, 0.2) is 24.3 Å². The Bertz CT molecular complexity index is 656. The molecular weight excluding hydrogens is 294 g/mol. The predicted molar refractivity (Wildman–Crippen MR) is 79.3 cm³/mol. The van der Waals surface area contributed by atoms with Gasteiger partial charge in [-0.15, -0.1) is 0 Å². The molecule has 1 aromatic heterocycles. The molecule has 0 fully saturated rings. The summed E-state index contributed by atoms with van der Waals surface area (Å²) >= 11 is 5.84. The van der Waals surface area contributed by atoms with E-state index in [1.54, 1.807) is 31.2 Å². The van der Waals surface area contributed by atoms with Crippen LogP contribution in [0.5, 0.6) is 11.5 Å². The molecule has 0 aliphatic heterocycles. The average molecular weight is 308 g/mol. The molecule has 0 radical (unpaired) electrons. The SMILES string of the molecule is COc1ccc(OC)c(C(=O)Nc2nc(C)cc(Cl)n2)c1. The number of hydrogen-bond acceptors (Lipinski definition) is 5. The second-order valence-corrected chi connectivity index (χ2v) is 4.56. The van der Waals surface area contributed by atoms with Gasteiger partial charge < -0.3 is 9.47 Å². The first-order chi connectivity index (χ1) is 10.0. The molecule has 1 amide bonds. The van der Waals surface area contributed by atoms with Crippen LogP contribution in [0.3, 0.4) is 0 Å². The highest BCUT2D eigenvalue weighted by atomic mass is 35.5. The summed E-state index contributed by atoms with van der Waals surface area (Å²) in [5.41, 5.74) is 0.973. The van der Waals surface area contributed by atoms with E-state index in [9.17, 15) is 4.79 Å². The predicted octanol–water partition coefficient (Wildman–Crippen LogP) is 2.71. The summed E-state index contributed by atoms with van der Waals surface area (Å²) < 4.78 is 10.3. The lowest BCUT2D eigenvalue weighted by Crippen LogP contribution is -2.15. The number of aryl methyl sites for hydroxylation is 1. The van der Waals surface area contributed by atoms with Crippen molar-refractivity contribution in [3.05, 3.63) is 40.7 Å². The van der Waals surface area contributed by atoms with Gasteiger partial charge in [0.25, 0.3) is 5.91 Å². The zero-order chi connectivity index (χ0) is 15.4. The van der Waals surface area contributed by atoms with Crippen molar-refractivity contribution in [2.45, 2.75) is 6.92 Å². The Morgan fingerprint density at radius 2 is 1.95 bits per heavy atom. The van der Waals surface area contributed by atoms with Crippen molar-refractivity contribution in [1.29, 1.82) is 0 Å². The number of carbonyl (C=O) groups excluding carboxylic acids is 1. The second-order valence-electron chi connectivity index (χ2n) is 4.18. The fourth-order valence-electron chi connectivity index (χ4n) is 1.75. The van der Waals surface area contributed by atoms with Crippen LogP contribution >= 0.6 is 11.6 Å². The van der Waals surface area contributed by atoms with Crippen molar-refractivity contribution >= 4 is 23.5 Å². The number of nitrogens with one attached hydrogen (secondary N) is 1. The van der Waals surface area contributed by atoms with Crippen LogP contribution in [0.2, 0.25) is 5.15 Å². The van der Waals surface area contributed by atoms with Crippen molar-refractivity contribution in [2.75, 3.05) is 19.5 Å². The molecule has 0 aliphatic rings. The topological polar surface area (TPSA) is 73.3 Å². The Morgan fingerprint density at radius 1 is 1.19 bits per heavy atom. The van der Waals surface area contributed by atoms with Crippen molar-refractivity contribution in [1.82, 2.24) is 9.97 Å². The normalized spacial score (nSPS) is 10.1. The molecule has 0 aliphatic carbocycles. The quantitative estimate of drug-likeness (QED) is 0.879. The van der Waals surface area contributed by atoms with Crippen LogP contribution in [0.4, 0.5) is 5.95 Å². The molecule has 1 heterocycles. The maximum Gasteiger partial charge on any atom is 0.261 e. The van der Waals surface area contributed by atoms with Gasteiger partial charge in [-0.2, -0.15) is 0 Å². The highest BCUT2D eigenvalue weighted by Gasteiger charge is 2.15. The highest BCUT2D eigenvalue weighted by Crippen LogP contribution is 2.24. The molecule has 0 saturated carbocycles. The third-order valence-corrected chi connectivity index (χ3v) is 2.89. The van der Waals surface area contributed by atoms with Gasteiger partial charge in [-0.05, 0) is 31.2 Å². The minimum absolute atomic E-state index is 0.134. The van der Waals surface area contributed by atoms with Crippen LogP contribution < -0.4 is 14.8 Å². The number of methoxy groups -OCH3 is 2. The lowest BCUT2D eigenvalue weighted by molar-refractivity contribution is 0.102. The first-order valence-electron chi connectivity index (χ1n) is 6.08. The monoisotopic (exact) mass is 307 g/mol. The van der Waals surface area contributed by atoms with Crippen LogP contribution in [0.25, 0.3) is 0 Å². The van der Waals surface area contributed by atoms with Gasteiger partial charge in [-0.3, -0.25) is 10.1 Å². The third-order valence-electron chi connectivity index (χ3n) is 2.70. The number of benzene rings is 1. The average Bonchev–Trinajstić information content (AvgIpc) is 2.45. The van der Waals surface area contributed by atoms with E-state index >= 15 is 0 Å². The molecule has 0 saturated heterocycles. The zero-order valence-electron chi connectivity index (χ0n) is 11.8. The fourth-order valence-corrected chi connectivity index (χ4v) is 1.98. The molecule has 7 heteroatoms. The smallest absolute Gasteiger partial charge is 0.261 e. The highest BCUT2D eigenvalue weighted by molar-refractivity contribution is 6.29. The lowest BCUT2D eigenvalue weighted by atomic mass is 10.1. The maximum absolute atomic E-state index is 12.3. The van der Waals surface area contributed by atoms with Gasteiger partial charge in [0.15, 0.2) is 0 Å². The van der Waals surface area contributed by atoms with E-state index in [0.29, 0.717) is 22.8 Å². The van der Waals surface area contributed by atoms with Gasteiger partial charge in [0.1, 0.15) is 16.7 Å². The molecule has 2 rings (SSSR count). The standard InChI is InChI=1S/C14H14ClN3O3/c1-8-6-12(15)17-14(16-8)18-13(19)10-7-9(20-2)4-5-11(10)21-3/h4-7H,1-3H3,(H,16,17,18,19). The third kappa shape index (κ3) is 3.61. The Balaban J connectivity index is 2.31. The number of amides is 1. The summed E-state index contributed by atoms with van der Waals surface area (Å²) in [6, 6.07) is 6.53. The van der Waals surface area contributed by atoms with E-state index in [1.807, 2.05) is 0 Å². The number of hydrogen-bond donors (Lipinski definition) is 1. The molecule has 1 N–H and O–H groups in total. The summed E-state index contributed by atoms with van der Waals surface area (Å²) in [7, 11) is 3.01. The Labute approximate surface area is 127 Å². The summed E-state index contributed by atoms with van der Waals surface area (Å²) in [6.45, 7) is 1.76. The molecule has 0 atom stereocenters. The summed E-state index contributed by atoms with van der Waals surface area (Å²) in [4.78, 5) is 20.4. The first kappa shape index (κ1) is 15.1. The van der Waals surface area contributed by atoms with Crippen molar-refractivity contribution < 1.29 is 14.3 Å². The van der Waals surface area contributed by atoms with Gasteiger partial charge in [0.05, 0.1) is 19.8 Å². The molecular formula is C14H14ClN3O3. The van der Waals surface area contributed by atoms with Crippen LogP contribution in [-0.2, 0) is 0 Å². The summed E-state index contributed by atoms with van der Waals surface area (Å²) in [6.07, 6.45) is 0. The number of anilines is 1. The molecule has 6 nitrogen and oxygen atoms in total. The van der Waals surface area contributed by atoms with Gasteiger partial charge in [-0.1, -0.05) is 11.6 Å². The van der Waals surface area contributed by atoms with Crippen LogP contribution in [-0.4, -0.2) is 30.1 Å². The fraction of sp³-hybridized carbons (Fsp3) is 0.214. The van der Waals surface area contributed by atoms with E-state index in [4.69, 9.17) is 21.1 Å². The number of rotatable bonds is 4. The number of halogens is 1. The minimum Gasteiger partial charge on any atom is -0.497 e. The maximum atomic E-state index is 12.3. The molecule has 110 valence electrons. The molecule has 0 bridgehead atoms. The van der Waals surface area contributed by atoms with Gasteiger partial charge in [0.2, 0.25) is 5.95 Å². The largest absolute Gasteiger partial charge is 0.497 e. The van der Waals surface area contributed by atoms with Crippen molar-refractivity contribution in [3.8, 4) is 11.5 Å². The van der Waals surface area contributed by atoms with Gasteiger partial charge in [-0.25, -0.2) is 9.97 Å². The number of nitrogens with zero attached hydrogens (tertiary/aromatic N) is 2. The number of ether oxygens (including phenoxy) is 2. The first-order valence-corrected chi connectivity index (χ1v) is 6.46. The van der Waals surface area contributed by atoms with Gasteiger partial charge in [0, 0.05) is 5.69 Å². The van der Waals surface area contributed by atoms with E-state index < -0.39 is 5.91 Å². The Morgan fingerprint density at radius 3 is 2.57 bits per heavy atom. The zero-order valence-corrected chi connectivity index (χ0v) is 12.6. The van der Waals surface area contributed by atoms with Crippen LogP contribution in [0.1, 0.15) is 16.1 Å². The molecule has 1 aromatic carbocycles. The molecule has 0 unspecified atom stereocenters. The molecule has 0 spiro atoms. The Kier molecular flexibility index (Phi) is 4.59. The Hall–Kier alpha value is -2.34. The second kappa shape index (κ2) is 6.41. The molecule has 21 heavy (non-hydrogen) atoms. The number of aromatic nitrogens is 2. The van der Waals surface area contributed by atoms with E-state index in [-0.39, 0.29) is 11.1 Å². The minimum atomic E-state index is -0.410. The van der Waals surface area contributed by atoms with E-state index in [2.05, 4.69) is 15.3 Å². The van der Waals surface area contributed by atoms with E-state index in [1.165, 1.54) is 14.2 Å². The summed E-state index contributed by atoms with van der Waals surface area (Å²) in [5, 5.41) is 2.84. The lowest BCUT2D eigenvalue weighted by Gasteiger charge is -2.10. The number of carbonyl (C=O) groups is 1. The van der Waals surface area contributed by atoms with Crippen LogP contribution in [0, 0.1) is 6.92 Å². The molecule has 2 aromatic rings. The van der Waals surface area contributed by atoms with Crippen molar-refractivity contribution in [3.63, 3.8) is 0 Å². The summed E-state index contributed by atoms with van der Waals surface area (Å²) in [5.74, 6) is 0.693.